The maximum atomic E-state index is 11.2. The highest BCUT2D eigenvalue weighted by Gasteiger charge is 2.29. The van der Waals surface area contributed by atoms with E-state index >= 15 is 0 Å². The summed E-state index contributed by atoms with van der Waals surface area (Å²) < 4.78 is 10.2. The standard InChI is InChI=1S/C10H16O3/c1-7-8(9(11)12-4)5-6-10(2,3)13-7/h5-6H2,1-4H3. The molecule has 0 amide bonds. The van der Waals surface area contributed by atoms with Gasteiger partial charge in [0.1, 0.15) is 11.4 Å². The highest BCUT2D eigenvalue weighted by Crippen LogP contribution is 2.31. The lowest BCUT2D eigenvalue weighted by molar-refractivity contribution is -0.137. The maximum absolute atomic E-state index is 11.2. The van der Waals surface area contributed by atoms with Gasteiger partial charge in [-0.2, -0.15) is 0 Å². The average molecular weight is 184 g/mol. The largest absolute Gasteiger partial charge is 0.492 e. The summed E-state index contributed by atoms with van der Waals surface area (Å²) in [6.45, 7) is 5.85. The second-order valence-electron chi connectivity index (χ2n) is 3.89. The SMILES string of the molecule is COC(=O)C1=C(C)OC(C)(C)CC1. The van der Waals surface area contributed by atoms with E-state index in [2.05, 4.69) is 4.74 Å². The van der Waals surface area contributed by atoms with Crippen molar-refractivity contribution in [3.8, 4) is 0 Å². The topological polar surface area (TPSA) is 35.5 Å². The zero-order valence-electron chi connectivity index (χ0n) is 8.64. The van der Waals surface area contributed by atoms with E-state index in [1.54, 1.807) is 0 Å². The number of rotatable bonds is 1. The first-order chi connectivity index (χ1) is 5.96. The number of hydrogen-bond acceptors (Lipinski definition) is 3. The highest BCUT2D eigenvalue weighted by molar-refractivity contribution is 5.88. The number of carbonyl (C=O) groups excluding carboxylic acids is 1. The Labute approximate surface area is 78.7 Å². The second kappa shape index (κ2) is 3.40. The minimum atomic E-state index is -0.270. The van der Waals surface area contributed by atoms with Gasteiger partial charge in [0.25, 0.3) is 0 Å². The van der Waals surface area contributed by atoms with Crippen LogP contribution in [0.15, 0.2) is 11.3 Å². The van der Waals surface area contributed by atoms with Gasteiger partial charge in [-0.15, -0.1) is 0 Å². The lowest BCUT2D eigenvalue weighted by Crippen LogP contribution is -2.29. The first-order valence-electron chi connectivity index (χ1n) is 4.43. The lowest BCUT2D eigenvalue weighted by Gasteiger charge is -2.32. The molecule has 74 valence electrons. The minimum Gasteiger partial charge on any atom is -0.492 e. The zero-order valence-corrected chi connectivity index (χ0v) is 8.64. The quantitative estimate of drug-likeness (QED) is 0.585. The van der Waals surface area contributed by atoms with Gasteiger partial charge in [0.05, 0.1) is 12.7 Å². The third-order valence-electron chi connectivity index (χ3n) is 2.26. The van der Waals surface area contributed by atoms with Crippen LogP contribution < -0.4 is 0 Å². The number of hydrogen-bond donors (Lipinski definition) is 0. The van der Waals surface area contributed by atoms with E-state index in [0.29, 0.717) is 11.3 Å². The van der Waals surface area contributed by atoms with Crippen molar-refractivity contribution in [2.24, 2.45) is 0 Å². The van der Waals surface area contributed by atoms with Crippen molar-refractivity contribution in [2.75, 3.05) is 7.11 Å². The van der Waals surface area contributed by atoms with Crippen LogP contribution in [0.1, 0.15) is 33.6 Å². The van der Waals surface area contributed by atoms with Crippen LogP contribution >= 0.6 is 0 Å². The van der Waals surface area contributed by atoms with E-state index in [4.69, 9.17) is 4.74 Å². The van der Waals surface area contributed by atoms with E-state index in [1.807, 2.05) is 20.8 Å². The van der Waals surface area contributed by atoms with E-state index < -0.39 is 0 Å². The van der Waals surface area contributed by atoms with Crippen LogP contribution in [0.25, 0.3) is 0 Å². The molecule has 0 saturated carbocycles. The van der Waals surface area contributed by atoms with Crippen molar-refractivity contribution in [1.29, 1.82) is 0 Å². The molecule has 1 aliphatic heterocycles. The molecule has 1 aliphatic rings. The van der Waals surface area contributed by atoms with Gasteiger partial charge in [-0.1, -0.05) is 0 Å². The highest BCUT2D eigenvalue weighted by atomic mass is 16.5. The first-order valence-corrected chi connectivity index (χ1v) is 4.43. The minimum absolute atomic E-state index is 0.151. The molecule has 1 rings (SSSR count). The number of ether oxygens (including phenoxy) is 2. The van der Waals surface area contributed by atoms with Crippen LogP contribution in [0.2, 0.25) is 0 Å². The van der Waals surface area contributed by atoms with Gasteiger partial charge in [0.15, 0.2) is 0 Å². The molecule has 0 bridgehead atoms. The summed E-state index contributed by atoms with van der Waals surface area (Å²) in [7, 11) is 1.39. The van der Waals surface area contributed by atoms with Crippen molar-refractivity contribution in [1.82, 2.24) is 0 Å². The Morgan fingerprint density at radius 2 is 2.15 bits per heavy atom. The van der Waals surface area contributed by atoms with E-state index in [1.165, 1.54) is 7.11 Å². The Hall–Kier alpha value is -0.990. The van der Waals surface area contributed by atoms with Gasteiger partial charge in [-0.3, -0.25) is 0 Å². The maximum Gasteiger partial charge on any atom is 0.337 e. The molecule has 0 N–H and O–H groups in total. The average Bonchev–Trinajstić information content (AvgIpc) is 2.01. The molecule has 3 heteroatoms. The van der Waals surface area contributed by atoms with Crippen LogP contribution in [-0.2, 0) is 14.3 Å². The summed E-state index contributed by atoms with van der Waals surface area (Å²) in [6.07, 6.45) is 1.60. The number of esters is 1. The van der Waals surface area contributed by atoms with Crippen LogP contribution in [0.3, 0.4) is 0 Å². The predicted octanol–water partition coefficient (Wildman–Crippen LogP) is 2.02. The summed E-state index contributed by atoms with van der Waals surface area (Å²) in [4.78, 5) is 11.2. The molecule has 0 aromatic carbocycles. The van der Waals surface area contributed by atoms with Gasteiger partial charge in [0, 0.05) is 0 Å². The Morgan fingerprint density at radius 3 is 2.62 bits per heavy atom. The molecule has 0 atom stereocenters. The molecular formula is C10H16O3. The fourth-order valence-corrected chi connectivity index (χ4v) is 1.50. The Kier molecular flexibility index (Phi) is 2.64. The third-order valence-corrected chi connectivity index (χ3v) is 2.26. The summed E-state index contributed by atoms with van der Waals surface area (Å²) in [5.41, 5.74) is 0.517. The smallest absolute Gasteiger partial charge is 0.337 e. The van der Waals surface area contributed by atoms with E-state index in [9.17, 15) is 4.79 Å². The fraction of sp³-hybridized carbons (Fsp3) is 0.700. The molecule has 1 heterocycles. The number of allylic oxidation sites excluding steroid dienone is 1. The number of methoxy groups -OCH3 is 1. The van der Waals surface area contributed by atoms with Gasteiger partial charge in [0.2, 0.25) is 0 Å². The summed E-state index contributed by atoms with van der Waals surface area (Å²) >= 11 is 0. The number of carbonyl (C=O) groups is 1. The summed E-state index contributed by atoms with van der Waals surface area (Å²) in [5, 5.41) is 0. The molecule has 0 aromatic heterocycles. The molecule has 0 saturated heterocycles. The molecule has 0 aromatic rings. The molecule has 0 unspecified atom stereocenters. The van der Waals surface area contributed by atoms with Crippen LogP contribution in [-0.4, -0.2) is 18.7 Å². The zero-order chi connectivity index (χ0) is 10.1. The molecule has 0 spiro atoms. The molecule has 3 nitrogen and oxygen atoms in total. The van der Waals surface area contributed by atoms with Crippen LogP contribution in [0, 0.1) is 0 Å². The monoisotopic (exact) mass is 184 g/mol. The lowest BCUT2D eigenvalue weighted by atomic mass is 9.94. The molecule has 0 aliphatic carbocycles. The molecular weight excluding hydrogens is 168 g/mol. The third kappa shape index (κ3) is 2.23. The van der Waals surface area contributed by atoms with Crippen LogP contribution in [0.5, 0.6) is 0 Å². The van der Waals surface area contributed by atoms with Gasteiger partial charge in [-0.05, 0) is 33.6 Å². The van der Waals surface area contributed by atoms with E-state index in [0.717, 1.165) is 12.8 Å². The van der Waals surface area contributed by atoms with Gasteiger partial charge in [-0.25, -0.2) is 4.79 Å². The van der Waals surface area contributed by atoms with Crippen molar-refractivity contribution < 1.29 is 14.3 Å². The van der Waals surface area contributed by atoms with Gasteiger partial charge < -0.3 is 9.47 Å². The normalized spacial score (nSPS) is 20.9. The van der Waals surface area contributed by atoms with Crippen molar-refractivity contribution in [2.45, 2.75) is 39.2 Å². The molecule has 0 radical (unpaired) electrons. The summed E-state index contributed by atoms with van der Waals surface area (Å²) in [6, 6.07) is 0. The molecule has 0 fully saturated rings. The van der Waals surface area contributed by atoms with Crippen molar-refractivity contribution in [3.05, 3.63) is 11.3 Å². The van der Waals surface area contributed by atoms with Crippen LogP contribution in [0.4, 0.5) is 0 Å². The summed E-state index contributed by atoms with van der Waals surface area (Å²) in [5.74, 6) is 0.427. The predicted molar refractivity (Wildman–Crippen MR) is 49.1 cm³/mol. The van der Waals surface area contributed by atoms with Gasteiger partial charge >= 0.3 is 5.97 Å². The Morgan fingerprint density at radius 1 is 1.54 bits per heavy atom. The van der Waals surface area contributed by atoms with Crippen molar-refractivity contribution >= 4 is 5.97 Å². The Bertz CT molecular complexity index is 251. The molecule has 13 heavy (non-hydrogen) atoms. The fourth-order valence-electron chi connectivity index (χ4n) is 1.50. The van der Waals surface area contributed by atoms with Crippen molar-refractivity contribution in [3.63, 3.8) is 0 Å². The van der Waals surface area contributed by atoms with E-state index in [-0.39, 0.29) is 11.6 Å². The Balaban J connectivity index is 2.83. The second-order valence-corrected chi connectivity index (χ2v) is 3.89. The first kappa shape index (κ1) is 10.1.